The molecule has 1 aliphatic heterocycles. The average Bonchev–Trinajstić information content (AvgIpc) is 2.76. The molecule has 2 rings (SSSR count). The Bertz CT molecular complexity index is 358. The highest BCUT2D eigenvalue weighted by atomic mass is 16.5. The highest BCUT2D eigenvalue weighted by molar-refractivity contribution is 5.84. The van der Waals surface area contributed by atoms with E-state index < -0.39 is 5.97 Å². The Hall–Kier alpha value is -1.40. The maximum atomic E-state index is 10.6. The van der Waals surface area contributed by atoms with Crippen molar-refractivity contribution in [2.75, 3.05) is 32.8 Å². The van der Waals surface area contributed by atoms with Crippen LogP contribution < -0.4 is 0 Å². The Morgan fingerprint density at radius 3 is 2.81 bits per heavy atom. The van der Waals surface area contributed by atoms with Gasteiger partial charge in [-0.1, -0.05) is 0 Å². The second-order valence-corrected chi connectivity index (χ2v) is 3.76. The summed E-state index contributed by atoms with van der Waals surface area (Å²) in [6, 6.07) is 0. The van der Waals surface area contributed by atoms with E-state index in [9.17, 15) is 4.79 Å². The van der Waals surface area contributed by atoms with E-state index >= 15 is 0 Å². The number of carbonyl (C=O) groups is 1. The van der Waals surface area contributed by atoms with Crippen LogP contribution in [0.4, 0.5) is 0 Å². The molecule has 0 unspecified atom stereocenters. The fraction of sp³-hybridized carbons (Fsp3) is 0.600. The molecule has 0 spiro atoms. The summed E-state index contributed by atoms with van der Waals surface area (Å²) in [4.78, 5) is 16.7. The quantitative estimate of drug-likeness (QED) is 0.776. The van der Waals surface area contributed by atoms with Crippen molar-refractivity contribution in [2.45, 2.75) is 6.54 Å². The molecule has 1 fully saturated rings. The molecule has 6 nitrogen and oxygen atoms in total. The first-order chi connectivity index (χ1) is 7.75. The maximum Gasteiger partial charge on any atom is 0.356 e. The third kappa shape index (κ3) is 2.80. The van der Waals surface area contributed by atoms with Crippen molar-refractivity contribution >= 4 is 5.97 Å². The molecule has 1 aromatic heterocycles. The van der Waals surface area contributed by atoms with Crippen LogP contribution >= 0.6 is 0 Å². The minimum Gasteiger partial charge on any atom is -0.476 e. The summed E-state index contributed by atoms with van der Waals surface area (Å²) < 4.78 is 7.05. The van der Waals surface area contributed by atoms with Gasteiger partial charge in [-0.25, -0.2) is 9.78 Å². The lowest BCUT2D eigenvalue weighted by Crippen LogP contribution is -2.38. The third-order valence-corrected chi connectivity index (χ3v) is 2.63. The van der Waals surface area contributed by atoms with Crippen molar-refractivity contribution in [2.24, 2.45) is 0 Å². The molecule has 0 bridgehead atoms. The van der Waals surface area contributed by atoms with Crippen LogP contribution in [-0.4, -0.2) is 58.4 Å². The van der Waals surface area contributed by atoms with Gasteiger partial charge in [0.25, 0.3) is 0 Å². The van der Waals surface area contributed by atoms with Gasteiger partial charge in [-0.05, 0) is 0 Å². The van der Waals surface area contributed by atoms with Crippen molar-refractivity contribution < 1.29 is 14.6 Å². The average molecular weight is 225 g/mol. The number of aromatic nitrogens is 2. The zero-order valence-corrected chi connectivity index (χ0v) is 9.00. The van der Waals surface area contributed by atoms with Gasteiger partial charge in [0.15, 0.2) is 5.69 Å². The van der Waals surface area contributed by atoms with Crippen LogP contribution in [0.15, 0.2) is 12.5 Å². The Labute approximate surface area is 93.4 Å². The standard InChI is InChI=1S/C10H15N3O3/c14-10(15)9-7-13(8-11-9)2-1-12-3-5-16-6-4-12/h7-8H,1-6H2,(H,14,15). The normalized spacial score (nSPS) is 17.5. The van der Waals surface area contributed by atoms with Crippen LogP contribution in [0, 0.1) is 0 Å². The minimum atomic E-state index is -0.981. The van der Waals surface area contributed by atoms with Gasteiger partial charge < -0.3 is 14.4 Å². The van der Waals surface area contributed by atoms with E-state index in [1.807, 2.05) is 0 Å². The fourth-order valence-electron chi connectivity index (χ4n) is 1.67. The summed E-state index contributed by atoms with van der Waals surface area (Å²) in [5.74, 6) is -0.981. The number of carboxylic acids is 1. The topological polar surface area (TPSA) is 67.6 Å². The molecule has 0 atom stereocenters. The van der Waals surface area contributed by atoms with Crippen molar-refractivity contribution in [1.82, 2.24) is 14.5 Å². The molecule has 1 N–H and O–H groups in total. The van der Waals surface area contributed by atoms with Gasteiger partial charge in [0.05, 0.1) is 19.5 Å². The molecule has 0 amide bonds. The summed E-state index contributed by atoms with van der Waals surface area (Å²) in [6.07, 6.45) is 3.12. The lowest BCUT2D eigenvalue weighted by molar-refractivity contribution is 0.0364. The van der Waals surface area contributed by atoms with E-state index in [0.717, 1.165) is 39.4 Å². The zero-order chi connectivity index (χ0) is 11.4. The van der Waals surface area contributed by atoms with Crippen molar-refractivity contribution in [3.8, 4) is 0 Å². The Balaban J connectivity index is 1.81. The third-order valence-electron chi connectivity index (χ3n) is 2.63. The Kier molecular flexibility index (Phi) is 3.53. The lowest BCUT2D eigenvalue weighted by atomic mass is 10.4. The number of hydrogen-bond donors (Lipinski definition) is 1. The Morgan fingerprint density at radius 1 is 1.44 bits per heavy atom. The van der Waals surface area contributed by atoms with Gasteiger partial charge >= 0.3 is 5.97 Å². The van der Waals surface area contributed by atoms with Gasteiger partial charge in [0.2, 0.25) is 0 Å². The van der Waals surface area contributed by atoms with E-state index in [-0.39, 0.29) is 5.69 Å². The van der Waals surface area contributed by atoms with E-state index in [4.69, 9.17) is 9.84 Å². The SMILES string of the molecule is O=C(O)c1cn(CCN2CCOCC2)cn1. The summed E-state index contributed by atoms with van der Waals surface area (Å²) >= 11 is 0. The van der Waals surface area contributed by atoms with Crippen molar-refractivity contribution in [3.63, 3.8) is 0 Å². The molecule has 0 saturated carbocycles. The second kappa shape index (κ2) is 5.09. The van der Waals surface area contributed by atoms with Gasteiger partial charge in [0.1, 0.15) is 0 Å². The molecule has 0 aromatic carbocycles. The number of nitrogens with zero attached hydrogens (tertiary/aromatic N) is 3. The van der Waals surface area contributed by atoms with Crippen LogP contribution in [0.3, 0.4) is 0 Å². The molecule has 1 aliphatic rings. The smallest absolute Gasteiger partial charge is 0.356 e. The highest BCUT2D eigenvalue weighted by Gasteiger charge is 2.11. The van der Waals surface area contributed by atoms with E-state index in [1.165, 1.54) is 0 Å². The van der Waals surface area contributed by atoms with Gasteiger partial charge in [0, 0.05) is 32.4 Å². The molecule has 1 aromatic rings. The molecule has 1 saturated heterocycles. The minimum absolute atomic E-state index is 0.0991. The van der Waals surface area contributed by atoms with Crippen molar-refractivity contribution in [3.05, 3.63) is 18.2 Å². The summed E-state index contributed by atoms with van der Waals surface area (Å²) in [5, 5.41) is 8.71. The van der Waals surface area contributed by atoms with Gasteiger partial charge in [-0.3, -0.25) is 4.90 Å². The molecule has 88 valence electrons. The molecule has 2 heterocycles. The largest absolute Gasteiger partial charge is 0.476 e. The summed E-state index contributed by atoms with van der Waals surface area (Å²) in [7, 11) is 0. The van der Waals surface area contributed by atoms with E-state index in [0.29, 0.717) is 0 Å². The van der Waals surface area contributed by atoms with Crippen molar-refractivity contribution in [1.29, 1.82) is 0 Å². The first-order valence-electron chi connectivity index (χ1n) is 5.31. The van der Waals surface area contributed by atoms with Crippen LogP contribution in [0.25, 0.3) is 0 Å². The van der Waals surface area contributed by atoms with Crippen LogP contribution in [0.5, 0.6) is 0 Å². The number of imidazole rings is 1. The fourth-order valence-corrected chi connectivity index (χ4v) is 1.67. The van der Waals surface area contributed by atoms with Gasteiger partial charge in [-0.2, -0.15) is 0 Å². The number of hydrogen-bond acceptors (Lipinski definition) is 4. The van der Waals surface area contributed by atoms with E-state index in [1.54, 1.807) is 17.1 Å². The monoisotopic (exact) mass is 225 g/mol. The predicted molar refractivity (Wildman–Crippen MR) is 56.4 cm³/mol. The number of aromatic carboxylic acids is 1. The van der Waals surface area contributed by atoms with Gasteiger partial charge in [-0.15, -0.1) is 0 Å². The molecule has 0 radical (unpaired) electrons. The first-order valence-corrected chi connectivity index (χ1v) is 5.31. The predicted octanol–water partition coefficient (Wildman–Crippen LogP) is -0.0865. The molecule has 16 heavy (non-hydrogen) atoms. The maximum absolute atomic E-state index is 10.6. The van der Waals surface area contributed by atoms with E-state index in [2.05, 4.69) is 9.88 Å². The van der Waals surface area contributed by atoms with Crippen LogP contribution in [0.2, 0.25) is 0 Å². The molecular formula is C10H15N3O3. The summed E-state index contributed by atoms with van der Waals surface area (Å²) in [5.41, 5.74) is 0.0991. The van der Waals surface area contributed by atoms with Crippen LogP contribution in [-0.2, 0) is 11.3 Å². The first kappa shape index (κ1) is 11.1. The number of carboxylic acid groups (broad SMARTS) is 1. The number of ether oxygens (including phenoxy) is 1. The second-order valence-electron chi connectivity index (χ2n) is 3.76. The number of morpholine rings is 1. The highest BCUT2D eigenvalue weighted by Crippen LogP contribution is 2.00. The van der Waals surface area contributed by atoms with Crippen LogP contribution in [0.1, 0.15) is 10.5 Å². The number of rotatable bonds is 4. The lowest BCUT2D eigenvalue weighted by Gasteiger charge is -2.26. The molecule has 6 heteroatoms. The summed E-state index contributed by atoms with van der Waals surface area (Å²) in [6.45, 7) is 5.12. The molecule has 0 aliphatic carbocycles. The Morgan fingerprint density at radius 2 is 2.19 bits per heavy atom. The zero-order valence-electron chi connectivity index (χ0n) is 9.00. The molecular weight excluding hydrogens is 210 g/mol.